The standard InChI is InChI=1S/C16H30O3S/c17-15(12-11-14-7-3-1-4-8-14)13-20(18,19)16-9-5-2-6-10-16/h14-17H,1-13H2. The van der Waals surface area contributed by atoms with Crippen molar-refractivity contribution < 1.29 is 13.5 Å². The minimum Gasteiger partial charge on any atom is -0.392 e. The highest BCUT2D eigenvalue weighted by atomic mass is 32.2. The van der Waals surface area contributed by atoms with Crippen LogP contribution in [0.25, 0.3) is 0 Å². The predicted molar refractivity (Wildman–Crippen MR) is 82.5 cm³/mol. The smallest absolute Gasteiger partial charge is 0.155 e. The fraction of sp³-hybridized carbons (Fsp3) is 1.00. The van der Waals surface area contributed by atoms with Crippen LogP contribution in [0, 0.1) is 5.92 Å². The van der Waals surface area contributed by atoms with Crippen LogP contribution < -0.4 is 0 Å². The summed E-state index contributed by atoms with van der Waals surface area (Å²) in [6, 6.07) is 0. The van der Waals surface area contributed by atoms with Crippen molar-refractivity contribution in [3.8, 4) is 0 Å². The number of rotatable bonds is 6. The van der Waals surface area contributed by atoms with Crippen LogP contribution in [-0.2, 0) is 9.84 Å². The Balaban J connectivity index is 1.73. The molecule has 2 aliphatic rings. The zero-order valence-electron chi connectivity index (χ0n) is 12.6. The second-order valence-corrected chi connectivity index (χ2v) is 9.15. The maximum Gasteiger partial charge on any atom is 0.155 e. The van der Waals surface area contributed by atoms with E-state index in [9.17, 15) is 13.5 Å². The van der Waals surface area contributed by atoms with E-state index >= 15 is 0 Å². The Morgan fingerprint density at radius 2 is 1.45 bits per heavy atom. The lowest BCUT2D eigenvalue weighted by atomic mass is 9.85. The van der Waals surface area contributed by atoms with Crippen molar-refractivity contribution in [2.45, 2.75) is 88.4 Å². The lowest BCUT2D eigenvalue weighted by molar-refractivity contribution is 0.169. The number of aliphatic hydroxyl groups is 1. The van der Waals surface area contributed by atoms with E-state index in [1.54, 1.807) is 0 Å². The molecule has 0 aromatic carbocycles. The van der Waals surface area contributed by atoms with Gasteiger partial charge in [0.25, 0.3) is 0 Å². The molecule has 0 aromatic rings. The highest BCUT2D eigenvalue weighted by Crippen LogP contribution is 2.29. The Kier molecular flexibility index (Phi) is 6.34. The van der Waals surface area contributed by atoms with Crippen LogP contribution in [0.4, 0.5) is 0 Å². The average molecular weight is 302 g/mol. The first kappa shape index (κ1) is 16.3. The number of hydrogen-bond donors (Lipinski definition) is 1. The van der Waals surface area contributed by atoms with Crippen molar-refractivity contribution in [3.05, 3.63) is 0 Å². The van der Waals surface area contributed by atoms with E-state index in [4.69, 9.17) is 0 Å². The summed E-state index contributed by atoms with van der Waals surface area (Å²) in [5.41, 5.74) is 0. The molecule has 1 unspecified atom stereocenters. The van der Waals surface area contributed by atoms with Gasteiger partial charge in [0.2, 0.25) is 0 Å². The molecule has 0 aliphatic heterocycles. The van der Waals surface area contributed by atoms with Gasteiger partial charge in [-0.25, -0.2) is 8.42 Å². The van der Waals surface area contributed by atoms with Crippen LogP contribution >= 0.6 is 0 Å². The molecule has 2 fully saturated rings. The summed E-state index contributed by atoms with van der Waals surface area (Å²) >= 11 is 0. The van der Waals surface area contributed by atoms with Gasteiger partial charge in [0.1, 0.15) is 0 Å². The van der Waals surface area contributed by atoms with Crippen LogP contribution in [0.15, 0.2) is 0 Å². The molecule has 2 saturated carbocycles. The van der Waals surface area contributed by atoms with Gasteiger partial charge in [-0.3, -0.25) is 0 Å². The van der Waals surface area contributed by atoms with E-state index in [-0.39, 0.29) is 11.0 Å². The van der Waals surface area contributed by atoms with E-state index in [2.05, 4.69) is 0 Å². The van der Waals surface area contributed by atoms with E-state index in [1.165, 1.54) is 32.1 Å². The summed E-state index contributed by atoms with van der Waals surface area (Å²) in [6.45, 7) is 0. The molecule has 118 valence electrons. The van der Waals surface area contributed by atoms with E-state index < -0.39 is 15.9 Å². The highest BCUT2D eigenvalue weighted by Gasteiger charge is 2.29. The first-order chi connectivity index (χ1) is 9.58. The van der Waals surface area contributed by atoms with Crippen LogP contribution in [0.5, 0.6) is 0 Å². The van der Waals surface area contributed by atoms with E-state index in [0.29, 0.717) is 6.42 Å². The summed E-state index contributed by atoms with van der Waals surface area (Å²) in [6.07, 6.45) is 12.3. The quantitative estimate of drug-likeness (QED) is 0.817. The molecule has 0 bridgehead atoms. The monoisotopic (exact) mass is 302 g/mol. The van der Waals surface area contributed by atoms with Gasteiger partial charge in [0.05, 0.1) is 17.1 Å². The van der Waals surface area contributed by atoms with Crippen molar-refractivity contribution in [2.24, 2.45) is 5.92 Å². The fourth-order valence-electron chi connectivity index (χ4n) is 3.82. The summed E-state index contributed by atoms with van der Waals surface area (Å²) in [4.78, 5) is 0. The van der Waals surface area contributed by atoms with Gasteiger partial charge in [0, 0.05) is 0 Å². The van der Waals surface area contributed by atoms with Crippen LogP contribution in [0.1, 0.15) is 77.0 Å². The minimum absolute atomic E-state index is 0.00954. The van der Waals surface area contributed by atoms with Crippen molar-refractivity contribution in [1.29, 1.82) is 0 Å². The first-order valence-corrected chi connectivity index (χ1v) is 10.2. The van der Waals surface area contributed by atoms with Crippen LogP contribution in [-0.4, -0.2) is 30.6 Å². The average Bonchev–Trinajstić information content (AvgIpc) is 2.47. The second kappa shape index (κ2) is 7.79. The number of sulfone groups is 1. The summed E-state index contributed by atoms with van der Waals surface area (Å²) in [5, 5.41) is 9.89. The molecule has 0 heterocycles. The van der Waals surface area contributed by atoms with Crippen molar-refractivity contribution in [3.63, 3.8) is 0 Å². The molecule has 0 spiro atoms. The van der Waals surface area contributed by atoms with Crippen LogP contribution in [0.2, 0.25) is 0 Å². The van der Waals surface area contributed by atoms with Crippen molar-refractivity contribution in [2.75, 3.05) is 5.75 Å². The highest BCUT2D eigenvalue weighted by molar-refractivity contribution is 7.92. The van der Waals surface area contributed by atoms with Gasteiger partial charge in [0.15, 0.2) is 9.84 Å². The van der Waals surface area contributed by atoms with Gasteiger partial charge in [-0.15, -0.1) is 0 Å². The molecule has 3 nitrogen and oxygen atoms in total. The third kappa shape index (κ3) is 5.03. The molecule has 0 radical (unpaired) electrons. The Hall–Kier alpha value is -0.0900. The zero-order valence-corrected chi connectivity index (χ0v) is 13.4. The fourth-order valence-corrected chi connectivity index (χ4v) is 5.84. The maximum atomic E-state index is 12.3. The molecule has 0 amide bonds. The molecular formula is C16H30O3S. The first-order valence-electron chi connectivity index (χ1n) is 8.47. The van der Waals surface area contributed by atoms with Gasteiger partial charge in [-0.2, -0.15) is 0 Å². The van der Waals surface area contributed by atoms with Gasteiger partial charge in [-0.1, -0.05) is 51.4 Å². The zero-order chi connectivity index (χ0) is 14.4. The van der Waals surface area contributed by atoms with E-state index in [1.807, 2.05) is 0 Å². The summed E-state index contributed by atoms with van der Waals surface area (Å²) in [5.74, 6) is 0.709. The molecule has 2 rings (SSSR count). The Labute approximate surface area is 124 Å². The normalized spacial score (nSPS) is 24.6. The van der Waals surface area contributed by atoms with Crippen LogP contribution in [0.3, 0.4) is 0 Å². The largest absolute Gasteiger partial charge is 0.392 e. The lowest BCUT2D eigenvalue weighted by Gasteiger charge is -2.25. The van der Waals surface area contributed by atoms with Crippen molar-refractivity contribution in [1.82, 2.24) is 0 Å². The Morgan fingerprint density at radius 3 is 2.05 bits per heavy atom. The topological polar surface area (TPSA) is 54.4 Å². The molecule has 1 atom stereocenters. The van der Waals surface area contributed by atoms with Gasteiger partial charge in [-0.05, 0) is 31.6 Å². The molecule has 0 saturated heterocycles. The molecule has 1 N–H and O–H groups in total. The SMILES string of the molecule is O=S(=O)(CC(O)CCC1CCCCC1)C1CCCCC1. The number of hydrogen-bond acceptors (Lipinski definition) is 3. The maximum absolute atomic E-state index is 12.3. The third-order valence-corrected chi connectivity index (χ3v) is 7.45. The minimum atomic E-state index is -3.09. The third-order valence-electron chi connectivity index (χ3n) is 5.12. The van der Waals surface area contributed by atoms with Gasteiger partial charge < -0.3 is 5.11 Å². The molecule has 20 heavy (non-hydrogen) atoms. The number of aliphatic hydroxyl groups excluding tert-OH is 1. The molecule has 4 heteroatoms. The second-order valence-electron chi connectivity index (χ2n) is 6.82. The predicted octanol–water partition coefficient (Wildman–Crippen LogP) is 3.46. The lowest BCUT2D eigenvalue weighted by Crippen LogP contribution is -2.32. The Bertz CT molecular complexity index is 365. The molecule has 2 aliphatic carbocycles. The van der Waals surface area contributed by atoms with E-state index in [0.717, 1.165) is 44.4 Å². The van der Waals surface area contributed by atoms with Crippen molar-refractivity contribution >= 4 is 9.84 Å². The summed E-state index contributed by atoms with van der Waals surface area (Å²) in [7, 11) is -3.09. The molecule has 0 aromatic heterocycles. The summed E-state index contributed by atoms with van der Waals surface area (Å²) < 4.78 is 24.6. The molecular weight excluding hydrogens is 272 g/mol. The Morgan fingerprint density at radius 1 is 0.900 bits per heavy atom. The van der Waals surface area contributed by atoms with Gasteiger partial charge >= 0.3 is 0 Å².